The van der Waals surface area contributed by atoms with E-state index in [1.165, 1.54) is 6.42 Å². The second-order valence-corrected chi connectivity index (χ2v) is 14.4. The molecule has 268 valence electrons. The maximum atomic E-state index is 13.7. The first-order chi connectivity index (χ1) is 23.4. The summed E-state index contributed by atoms with van der Waals surface area (Å²) in [5, 5.41) is 18.1. The maximum Gasteiger partial charge on any atom is 0.410 e. The molecule has 5 rings (SSSR count). The number of ether oxygens (including phenoxy) is 3. The molecular formula is C37H53N5O7. The van der Waals surface area contributed by atoms with E-state index in [-0.39, 0.29) is 37.7 Å². The number of anilines is 2. The van der Waals surface area contributed by atoms with E-state index in [1.807, 2.05) is 35.2 Å². The molecule has 0 unspecified atom stereocenters. The van der Waals surface area contributed by atoms with Gasteiger partial charge < -0.3 is 39.8 Å². The van der Waals surface area contributed by atoms with Gasteiger partial charge >= 0.3 is 6.09 Å². The molecule has 3 aliphatic rings. The molecule has 0 radical (unpaired) electrons. The van der Waals surface area contributed by atoms with Gasteiger partial charge in [-0.2, -0.15) is 0 Å². The minimum atomic E-state index is -1.05. The Balaban J connectivity index is 1.31. The van der Waals surface area contributed by atoms with Crippen molar-refractivity contribution < 1.29 is 33.7 Å². The van der Waals surface area contributed by atoms with Crippen LogP contribution >= 0.6 is 0 Å². The van der Waals surface area contributed by atoms with Gasteiger partial charge in [0.1, 0.15) is 11.4 Å². The van der Waals surface area contributed by atoms with Crippen LogP contribution in [0.5, 0.6) is 5.75 Å². The van der Waals surface area contributed by atoms with Crippen molar-refractivity contribution in [3.63, 3.8) is 0 Å². The third-order valence-electron chi connectivity index (χ3n) is 9.45. The highest BCUT2D eigenvalue weighted by Crippen LogP contribution is 2.31. The minimum absolute atomic E-state index is 0.0482. The lowest BCUT2D eigenvalue weighted by atomic mass is 9.91. The summed E-state index contributed by atoms with van der Waals surface area (Å²) in [5.41, 5.74) is 3.52. The van der Waals surface area contributed by atoms with Crippen molar-refractivity contribution in [1.29, 1.82) is 0 Å². The molecule has 3 aliphatic heterocycles. The van der Waals surface area contributed by atoms with Crippen molar-refractivity contribution >= 4 is 29.3 Å². The molecule has 2 saturated heterocycles. The fraction of sp³-hybridized carbons (Fsp3) is 0.595. The largest absolute Gasteiger partial charge is 0.468 e. The quantitative estimate of drug-likeness (QED) is 0.310. The summed E-state index contributed by atoms with van der Waals surface area (Å²) in [5.74, 6) is 0.422. The molecule has 0 saturated carbocycles. The second-order valence-electron chi connectivity index (χ2n) is 14.4. The van der Waals surface area contributed by atoms with E-state index in [9.17, 15) is 19.5 Å². The van der Waals surface area contributed by atoms with Crippen molar-refractivity contribution in [2.75, 3.05) is 56.8 Å². The van der Waals surface area contributed by atoms with Gasteiger partial charge in [0, 0.05) is 76.3 Å². The molecule has 0 bridgehead atoms. The molecule has 49 heavy (non-hydrogen) atoms. The Morgan fingerprint density at radius 1 is 0.980 bits per heavy atom. The first-order valence-electron chi connectivity index (χ1n) is 17.5. The first-order valence-corrected chi connectivity index (χ1v) is 17.5. The number of fused-ring (bicyclic) bond motifs is 1. The number of aliphatic hydroxyl groups is 1. The maximum absolute atomic E-state index is 13.7. The number of amides is 3. The van der Waals surface area contributed by atoms with E-state index in [2.05, 4.69) is 21.6 Å². The van der Waals surface area contributed by atoms with Crippen LogP contribution in [0.25, 0.3) is 0 Å². The Bertz CT molecular complexity index is 1460. The van der Waals surface area contributed by atoms with Gasteiger partial charge in [-0.15, -0.1) is 0 Å². The molecule has 12 heteroatoms. The Morgan fingerprint density at radius 2 is 1.71 bits per heavy atom. The predicted molar refractivity (Wildman–Crippen MR) is 188 cm³/mol. The van der Waals surface area contributed by atoms with Gasteiger partial charge in [0.05, 0.1) is 12.1 Å². The van der Waals surface area contributed by atoms with E-state index in [0.717, 1.165) is 61.3 Å². The smallest absolute Gasteiger partial charge is 0.410 e. The topological polar surface area (TPSA) is 133 Å². The Kier molecular flexibility index (Phi) is 11.9. The van der Waals surface area contributed by atoms with Gasteiger partial charge in [0.25, 0.3) is 5.91 Å². The predicted octanol–water partition coefficient (Wildman–Crippen LogP) is 4.54. The number of piperidine rings is 2. The van der Waals surface area contributed by atoms with Crippen LogP contribution in [0.15, 0.2) is 36.4 Å². The zero-order chi connectivity index (χ0) is 35.1. The number of carbonyl (C=O) groups excluding carboxylic acids is 3. The Hall–Kier alpha value is -4.03. The van der Waals surface area contributed by atoms with Crippen molar-refractivity contribution in [2.24, 2.45) is 0 Å². The SMILES string of the molecule is COCOc1ccc2c(c1)CN(C(=O)OC(C)(C)C)[C@H]([C@H](O)CNC(=O)c1cc(NC3CCN(C(C)=O)CC3)cc(N3CCCCC3)c1)C2. The summed E-state index contributed by atoms with van der Waals surface area (Å²) in [7, 11) is 1.55. The monoisotopic (exact) mass is 679 g/mol. The Labute approximate surface area is 290 Å². The molecule has 3 heterocycles. The lowest BCUT2D eigenvalue weighted by Gasteiger charge is -2.40. The van der Waals surface area contributed by atoms with E-state index < -0.39 is 23.8 Å². The Morgan fingerprint density at radius 3 is 2.39 bits per heavy atom. The normalized spacial score (nSPS) is 19.1. The van der Waals surface area contributed by atoms with Gasteiger partial charge in [0.2, 0.25) is 5.91 Å². The summed E-state index contributed by atoms with van der Waals surface area (Å²) in [6.45, 7) is 10.6. The van der Waals surface area contributed by atoms with Crippen LogP contribution in [0, 0.1) is 0 Å². The van der Waals surface area contributed by atoms with Crippen LogP contribution in [0.4, 0.5) is 16.2 Å². The summed E-state index contributed by atoms with van der Waals surface area (Å²) < 4.78 is 16.4. The van der Waals surface area contributed by atoms with Gasteiger partial charge in [-0.3, -0.25) is 14.5 Å². The highest BCUT2D eigenvalue weighted by molar-refractivity contribution is 5.96. The zero-order valence-electron chi connectivity index (χ0n) is 29.6. The summed E-state index contributed by atoms with van der Waals surface area (Å²) in [6, 6.07) is 11.1. The van der Waals surface area contributed by atoms with Gasteiger partial charge in [-0.25, -0.2) is 4.79 Å². The van der Waals surface area contributed by atoms with Crippen molar-refractivity contribution in [1.82, 2.24) is 15.1 Å². The molecule has 0 spiro atoms. The number of nitrogens with zero attached hydrogens (tertiary/aromatic N) is 3. The number of likely N-dealkylation sites (tertiary alicyclic amines) is 1. The van der Waals surface area contributed by atoms with Crippen molar-refractivity contribution in [3.8, 4) is 5.75 Å². The average Bonchev–Trinajstić information content (AvgIpc) is 3.08. The summed E-state index contributed by atoms with van der Waals surface area (Å²) in [4.78, 5) is 44.7. The van der Waals surface area contributed by atoms with Crippen molar-refractivity contribution in [2.45, 2.75) is 96.6 Å². The molecule has 0 aromatic heterocycles. The molecule has 3 amide bonds. The number of carbonyl (C=O) groups is 3. The molecule has 0 aliphatic carbocycles. The summed E-state index contributed by atoms with van der Waals surface area (Å²) in [6.07, 6.45) is 3.88. The number of nitrogens with one attached hydrogen (secondary N) is 2. The second kappa shape index (κ2) is 16.1. The minimum Gasteiger partial charge on any atom is -0.468 e. The van der Waals surface area contributed by atoms with E-state index >= 15 is 0 Å². The van der Waals surface area contributed by atoms with Gasteiger partial charge in [-0.1, -0.05) is 6.07 Å². The zero-order valence-corrected chi connectivity index (χ0v) is 29.6. The number of aliphatic hydroxyl groups excluding tert-OH is 1. The van der Waals surface area contributed by atoms with E-state index in [4.69, 9.17) is 14.2 Å². The van der Waals surface area contributed by atoms with Crippen LogP contribution in [0.2, 0.25) is 0 Å². The molecular weight excluding hydrogens is 626 g/mol. The number of rotatable bonds is 10. The van der Waals surface area contributed by atoms with Crippen LogP contribution in [0.3, 0.4) is 0 Å². The highest BCUT2D eigenvalue weighted by Gasteiger charge is 2.37. The average molecular weight is 680 g/mol. The fourth-order valence-corrected chi connectivity index (χ4v) is 6.84. The van der Waals surface area contributed by atoms with Gasteiger partial charge in [0.15, 0.2) is 6.79 Å². The number of methoxy groups -OCH3 is 1. The number of benzene rings is 2. The first kappa shape index (κ1) is 36.3. The summed E-state index contributed by atoms with van der Waals surface area (Å²) >= 11 is 0. The van der Waals surface area contributed by atoms with Crippen LogP contribution < -0.4 is 20.3 Å². The van der Waals surface area contributed by atoms with Crippen LogP contribution in [-0.2, 0) is 27.2 Å². The van der Waals surface area contributed by atoms with Crippen LogP contribution in [-0.4, -0.2) is 103 Å². The molecule has 2 aromatic rings. The lowest BCUT2D eigenvalue weighted by Crippen LogP contribution is -2.54. The third kappa shape index (κ3) is 9.78. The van der Waals surface area contributed by atoms with Crippen molar-refractivity contribution in [3.05, 3.63) is 53.1 Å². The van der Waals surface area contributed by atoms with Crippen LogP contribution in [0.1, 0.15) is 81.3 Å². The molecule has 2 fully saturated rings. The molecule has 3 N–H and O–H groups in total. The molecule has 2 atom stereocenters. The van der Waals surface area contributed by atoms with E-state index in [0.29, 0.717) is 30.8 Å². The number of hydrogen-bond acceptors (Lipinski definition) is 9. The van der Waals surface area contributed by atoms with E-state index in [1.54, 1.807) is 39.7 Å². The fourth-order valence-electron chi connectivity index (χ4n) is 6.84. The lowest BCUT2D eigenvalue weighted by molar-refractivity contribution is -0.129. The highest BCUT2D eigenvalue weighted by atomic mass is 16.7. The molecule has 2 aromatic carbocycles. The number of hydrogen-bond donors (Lipinski definition) is 3. The third-order valence-corrected chi connectivity index (χ3v) is 9.45. The standard InChI is InChI=1S/C37H53N5O7/c1-25(43)40-15-11-29(12-16-40)39-30-17-27(18-31(21-30)41-13-7-6-8-14-41)35(45)38-22-34(44)33-20-26-9-10-32(48-24-47-5)19-28(26)23-42(33)36(46)49-37(2,3)4/h9-10,17-19,21,29,33-34,39,44H,6-8,11-16,20,22-24H2,1-5H3,(H,38,45)/t33-,34+/m0/s1. The molecule has 12 nitrogen and oxygen atoms in total. The van der Waals surface area contributed by atoms with Gasteiger partial charge in [-0.05, 0) is 101 Å².